The number of hydrogen-bond donors (Lipinski definition) is 1. The normalized spacial score (nSPS) is 11.9. The van der Waals surface area contributed by atoms with E-state index >= 15 is 0 Å². The monoisotopic (exact) mass is 234 g/mol. The molecule has 0 aliphatic carbocycles. The molecule has 78 valence electrons. The molecule has 2 N–H and O–H groups in total. The van der Waals surface area contributed by atoms with Gasteiger partial charge in [0.15, 0.2) is 0 Å². The molecule has 1 aromatic carbocycles. The molecule has 0 atom stereocenters. The highest BCUT2D eigenvalue weighted by molar-refractivity contribution is 7.90. The number of benzene rings is 1. The summed E-state index contributed by atoms with van der Waals surface area (Å²) in [4.78, 5) is 0.142. The molecule has 1 rings (SSSR count). The second kappa shape index (κ2) is 4.16. The van der Waals surface area contributed by atoms with Crippen molar-refractivity contribution in [1.29, 1.82) is 0 Å². The van der Waals surface area contributed by atoms with Crippen LogP contribution in [0.3, 0.4) is 0 Å². The van der Waals surface area contributed by atoms with Crippen molar-refractivity contribution in [3.63, 3.8) is 0 Å². The number of rotatable bonds is 3. The van der Waals surface area contributed by atoms with Gasteiger partial charge in [0, 0.05) is 12.2 Å². The molecule has 0 bridgehead atoms. The summed E-state index contributed by atoms with van der Waals surface area (Å²) >= 11 is 5.55. The first kappa shape index (κ1) is 11.3. The van der Waals surface area contributed by atoms with Gasteiger partial charge in [0.2, 0.25) is 0 Å². The van der Waals surface area contributed by atoms with Crippen LogP contribution in [-0.2, 0) is 10.0 Å². The van der Waals surface area contributed by atoms with E-state index in [2.05, 4.69) is 0 Å². The molecular weight excluding hydrogens is 224 g/mol. The van der Waals surface area contributed by atoms with Crippen LogP contribution in [0, 0.1) is 0 Å². The summed E-state index contributed by atoms with van der Waals surface area (Å²) in [7, 11) is -3.56. The third kappa shape index (κ3) is 2.17. The second-order valence-electron chi connectivity index (χ2n) is 2.68. The van der Waals surface area contributed by atoms with Gasteiger partial charge in [0.1, 0.15) is 0 Å². The molecule has 4 nitrogen and oxygen atoms in total. The maximum Gasteiger partial charge on any atom is 0.256 e. The van der Waals surface area contributed by atoms with Gasteiger partial charge in [-0.3, -0.25) is 0 Å². The van der Waals surface area contributed by atoms with Crippen molar-refractivity contribution in [3.8, 4) is 0 Å². The van der Waals surface area contributed by atoms with Crippen molar-refractivity contribution in [3.05, 3.63) is 24.3 Å². The van der Waals surface area contributed by atoms with E-state index in [1.165, 1.54) is 24.3 Å². The highest BCUT2D eigenvalue weighted by Gasteiger charge is 2.20. The SMILES string of the molecule is CCN(Cl)S(=O)(=O)c1ccc(N)cc1. The first-order chi connectivity index (χ1) is 6.48. The molecule has 1 aromatic rings. The summed E-state index contributed by atoms with van der Waals surface area (Å²) in [6.45, 7) is 1.87. The standard InChI is InChI=1S/C8H11ClN2O2S/c1-2-11(9)14(12,13)8-5-3-7(10)4-6-8/h3-6H,2,10H2,1H3. The summed E-state index contributed by atoms with van der Waals surface area (Å²) in [6.07, 6.45) is 0. The molecule has 14 heavy (non-hydrogen) atoms. The minimum atomic E-state index is -3.56. The molecule has 0 aliphatic heterocycles. The predicted molar refractivity (Wildman–Crippen MR) is 56.3 cm³/mol. The largest absolute Gasteiger partial charge is 0.399 e. The van der Waals surface area contributed by atoms with Gasteiger partial charge < -0.3 is 5.73 Å². The molecule has 0 aliphatic rings. The molecule has 6 heteroatoms. The van der Waals surface area contributed by atoms with Crippen LogP contribution < -0.4 is 5.73 Å². The lowest BCUT2D eigenvalue weighted by molar-refractivity contribution is 0.545. The number of nitrogens with two attached hydrogens (primary N) is 1. The van der Waals surface area contributed by atoms with Crippen LogP contribution in [0.15, 0.2) is 29.2 Å². The van der Waals surface area contributed by atoms with Crippen molar-refractivity contribution < 1.29 is 8.42 Å². The van der Waals surface area contributed by atoms with Crippen molar-refractivity contribution in [2.75, 3.05) is 12.3 Å². The molecule has 0 heterocycles. The lowest BCUT2D eigenvalue weighted by Gasteiger charge is -2.11. The summed E-state index contributed by atoms with van der Waals surface area (Å²) in [5.41, 5.74) is 5.95. The third-order valence-corrected chi connectivity index (χ3v) is 4.12. The molecule has 0 radical (unpaired) electrons. The average Bonchev–Trinajstić information content (AvgIpc) is 2.17. The summed E-state index contributed by atoms with van der Waals surface area (Å²) in [5.74, 6) is 0. The topological polar surface area (TPSA) is 63.4 Å². The summed E-state index contributed by atoms with van der Waals surface area (Å²) < 4.78 is 24.0. The van der Waals surface area contributed by atoms with E-state index in [0.29, 0.717) is 5.69 Å². The highest BCUT2D eigenvalue weighted by atomic mass is 35.5. The van der Waals surface area contributed by atoms with E-state index in [1.54, 1.807) is 6.92 Å². The Bertz CT molecular complexity index is 402. The Kier molecular flexibility index (Phi) is 3.36. The maximum atomic E-state index is 11.6. The Balaban J connectivity index is 3.11. The number of hydrogen-bond acceptors (Lipinski definition) is 3. The van der Waals surface area contributed by atoms with Crippen LogP contribution in [0.25, 0.3) is 0 Å². The molecule has 0 unspecified atom stereocenters. The van der Waals surface area contributed by atoms with Crippen molar-refractivity contribution in [1.82, 2.24) is 3.82 Å². The highest BCUT2D eigenvalue weighted by Crippen LogP contribution is 2.18. The van der Waals surface area contributed by atoms with Crippen LogP contribution in [0.2, 0.25) is 0 Å². The number of nitrogen functional groups attached to an aromatic ring is 1. The van der Waals surface area contributed by atoms with E-state index in [-0.39, 0.29) is 11.4 Å². The number of nitrogens with zero attached hydrogens (tertiary/aromatic N) is 1. The van der Waals surface area contributed by atoms with Gasteiger partial charge in [-0.2, -0.15) is 0 Å². The van der Waals surface area contributed by atoms with Gasteiger partial charge in [0.05, 0.1) is 4.90 Å². The van der Waals surface area contributed by atoms with Crippen LogP contribution in [0.4, 0.5) is 5.69 Å². The molecule has 0 saturated heterocycles. The van der Waals surface area contributed by atoms with E-state index in [1.807, 2.05) is 0 Å². The van der Waals surface area contributed by atoms with E-state index in [9.17, 15) is 8.42 Å². The fourth-order valence-corrected chi connectivity index (χ4v) is 2.21. The Hall–Kier alpha value is -0.780. The van der Waals surface area contributed by atoms with Gasteiger partial charge >= 0.3 is 0 Å². The lowest BCUT2D eigenvalue weighted by Crippen LogP contribution is -2.21. The number of sulfonamides is 1. The molecular formula is C8H11ClN2O2S. The van der Waals surface area contributed by atoms with Crippen molar-refractivity contribution in [2.24, 2.45) is 0 Å². The van der Waals surface area contributed by atoms with Crippen LogP contribution >= 0.6 is 11.8 Å². The van der Waals surface area contributed by atoms with Crippen LogP contribution in [0.1, 0.15) is 6.92 Å². The van der Waals surface area contributed by atoms with Gasteiger partial charge in [-0.15, -0.1) is 3.82 Å². The van der Waals surface area contributed by atoms with Gasteiger partial charge in [0.25, 0.3) is 10.0 Å². The lowest BCUT2D eigenvalue weighted by atomic mass is 10.3. The fraction of sp³-hybridized carbons (Fsp3) is 0.250. The molecule has 0 aromatic heterocycles. The molecule has 0 spiro atoms. The zero-order valence-electron chi connectivity index (χ0n) is 7.64. The zero-order valence-corrected chi connectivity index (χ0v) is 9.22. The maximum absolute atomic E-state index is 11.6. The van der Waals surface area contributed by atoms with E-state index in [0.717, 1.165) is 3.82 Å². The first-order valence-electron chi connectivity index (χ1n) is 4.02. The Morgan fingerprint density at radius 1 is 1.36 bits per heavy atom. The van der Waals surface area contributed by atoms with Crippen LogP contribution in [0.5, 0.6) is 0 Å². The summed E-state index contributed by atoms with van der Waals surface area (Å²) in [6, 6.07) is 5.89. The van der Waals surface area contributed by atoms with Crippen molar-refractivity contribution in [2.45, 2.75) is 11.8 Å². The van der Waals surface area contributed by atoms with Crippen molar-refractivity contribution >= 4 is 27.5 Å². The Labute approximate surface area is 88.4 Å². The van der Waals surface area contributed by atoms with Gasteiger partial charge in [-0.25, -0.2) is 8.42 Å². The minimum Gasteiger partial charge on any atom is -0.399 e. The quantitative estimate of drug-likeness (QED) is 0.636. The molecule has 0 amide bonds. The predicted octanol–water partition coefficient (Wildman–Crippen LogP) is 1.43. The van der Waals surface area contributed by atoms with E-state index in [4.69, 9.17) is 17.5 Å². The minimum absolute atomic E-state index is 0.142. The van der Waals surface area contributed by atoms with E-state index < -0.39 is 10.0 Å². The second-order valence-corrected chi connectivity index (χ2v) is 5.15. The first-order valence-corrected chi connectivity index (χ1v) is 5.80. The summed E-state index contributed by atoms with van der Waals surface area (Å²) in [5, 5.41) is 0. The zero-order chi connectivity index (χ0) is 10.8. The number of anilines is 1. The molecule has 0 fully saturated rings. The smallest absolute Gasteiger partial charge is 0.256 e. The average molecular weight is 235 g/mol. The Morgan fingerprint density at radius 2 is 1.86 bits per heavy atom. The third-order valence-electron chi connectivity index (χ3n) is 1.69. The van der Waals surface area contributed by atoms with Crippen LogP contribution in [-0.4, -0.2) is 18.8 Å². The molecule has 0 saturated carbocycles. The number of halogens is 1. The fourth-order valence-electron chi connectivity index (χ4n) is 0.924. The Morgan fingerprint density at radius 3 is 2.29 bits per heavy atom. The van der Waals surface area contributed by atoms with Gasteiger partial charge in [-0.05, 0) is 43.0 Å². The van der Waals surface area contributed by atoms with Gasteiger partial charge in [-0.1, -0.05) is 0 Å².